The first-order valence-electron chi connectivity index (χ1n) is 6.31. The van der Waals surface area contributed by atoms with E-state index in [1.165, 1.54) is 0 Å². The van der Waals surface area contributed by atoms with Crippen LogP contribution in [0.3, 0.4) is 0 Å². The van der Waals surface area contributed by atoms with Crippen molar-refractivity contribution >= 4 is 17.9 Å². The predicted octanol–water partition coefficient (Wildman–Crippen LogP) is 2.70. The molecule has 0 aromatic rings. The number of rotatable bonds is 1. The Morgan fingerprint density at radius 3 is 2.33 bits per heavy atom. The van der Waals surface area contributed by atoms with Gasteiger partial charge in [-0.2, -0.15) is 0 Å². The lowest BCUT2D eigenvalue weighted by atomic mass is 9.88. The Morgan fingerprint density at radius 2 is 1.89 bits per heavy atom. The van der Waals surface area contributed by atoms with Gasteiger partial charge in [0.05, 0.1) is 6.10 Å². The molecule has 0 aliphatic carbocycles. The lowest BCUT2D eigenvalue weighted by Crippen LogP contribution is -2.48. The van der Waals surface area contributed by atoms with Crippen LogP contribution in [-0.4, -0.2) is 45.5 Å². The summed E-state index contributed by atoms with van der Waals surface area (Å²) in [6.45, 7) is 12.1. The number of amides is 1. The number of carbonyl (C=O) groups is 1. The molecule has 4 nitrogen and oxygen atoms in total. The number of aliphatic hydroxyl groups excluding tert-OH is 1. The second-order valence-corrected chi connectivity index (χ2v) is 7.97. The maximum atomic E-state index is 12.1. The number of nitrogens with zero attached hydrogens (tertiary/aromatic N) is 1. The largest absolute Gasteiger partial charge is 0.444 e. The predicted molar refractivity (Wildman–Crippen MR) is 74.6 cm³/mol. The summed E-state index contributed by atoms with van der Waals surface area (Å²) in [5.74, 6) is 0.844. The smallest absolute Gasteiger partial charge is 0.411 e. The van der Waals surface area contributed by atoms with Crippen molar-refractivity contribution in [2.45, 2.75) is 58.6 Å². The number of aliphatic hydroxyl groups is 1. The van der Waals surface area contributed by atoms with E-state index in [9.17, 15) is 9.90 Å². The second-order valence-electron chi connectivity index (χ2n) is 6.75. The molecule has 0 spiro atoms. The van der Waals surface area contributed by atoms with Crippen LogP contribution in [0.4, 0.5) is 4.79 Å². The van der Waals surface area contributed by atoms with Gasteiger partial charge in [-0.15, -0.1) is 11.8 Å². The van der Waals surface area contributed by atoms with Gasteiger partial charge in [0.1, 0.15) is 11.0 Å². The first-order valence-corrected chi connectivity index (χ1v) is 7.36. The molecule has 5 heteroatoms. The quantitative estimate of drug-likeness (QED) is 0.799. The molecule has 1 fully saturated rings. The summed E-state index contributed by atoms with van der Waals surface area (Å²) < 4.78 is 5.38. The molecule has 0 saturated carbocycles. The van der Waals surface area contributed by atoms with Gasteiger partial charge >= 0.3 is 6.09 Å². The Hall–Kier alpha value is -0.420. The van der Waals surface area contributed by atoms with Gasteiger partial charge in [0.2, 0.25) is 0 Å². The molecule has 1 rings (SSSR count). The van der Waals surface area contributed by atoms with Crippen LogP contribution in [0.2, 0.25) is 0 Å². The average molecular weight is 275 g/mol. The van der Waals surface area contributed by atoms with Crippen molar-refractivity contribution in [2.75, 3.05) is 12.3 Å². The van der Waals surface area contributed by atoms with E-state index >= 15 is 0 Å². The van der Waals surface area contributed by atoms with Crippen LogP contribution in [-0.2, 0) is 4.74 Å². The number of carbonyl (C=O) groups excluding carboxylic acids is 1. The molecule has 0 aromatic carbocycles. The molecule has 0 unspecified atom stereocenters. The first kappa shape index (κ1) is 15.6. The van der Waals surface area contributed by atoms with Gasteiger partial charge in [-0.3, -0.25) is 4.90 Å². The molecular weight excluding hydrogens is 250 g/mol. The van der Waals surface area contributed by atoms with Gasteiger partial charge in [0.15, 0.2) is 0 Å². The van der Waals surface area contributed by atoms with Crippen LogP contribution >= 0.6 is 11.8 Å². The molecule has 0 aromatic heterocycles. The monoisotopic (exact) mass is 275 g/mol. The van der Waals surface area contributed by atoms with E-state index in [0.29, 0.717) is 6.54 Å². The van der Waals surface area contributed by atoms with Crippen molar-refractivity contribution < 1.29 is 14.6 Å². The molecule has 1 aliphatic heterocycles. The number of ether oxygens (including phenoxy) is 1. The molecule has 18 heavy (non-hydrogen) atoms. The summed E-state index contributed by atoms with van der Waals surface area (Å²) in [6.07, 6.45) is -0.890. The zero-order chi connectivity index (χ0) is 14.1. The summed E-state index contributed by atoms with van der Waals surface area (Å²) in [4.78, 5) is 13.7. The Bertz CT molecular complexity index is 306. The zero-order valence-corrected chi connectivity index (χ0v) is 13.0. The summed E-state index contributed by atoms with van der Waals surface area (Å²) in [5.41, 5.74) is -0.746. The Kier molecular flexibility index (Phi) is 4.60. The van der Waals surface area contributed by atoms with Crippen molar-refractivity contribution in [1.82, 2.24) is 4.90 Å². The highest BCUT2D eigenvalue weighted by Crippen LogP contribution is 2.35. The lowest BCUT2D eigenvalue weighted by molar-refractivity contribution is -0.00756. The topological polar surface area (TPSA) is 49.8 Å². The fourth-order valence-electron chi connectivity index (χ4n) is 1.69. The Balaban J connectivity index is 2.74. The van der Waals surface area contributed by atoms with Crippen LogP contribution in [0, 0.1) is 5.41 Å². The number of hydrogen-bond donors (Lipinski definition) is 1. The standard InChI is InChI=1S/C13H25NO3S/c1-12(2,3)9(15)10-14(7-8-18-10)11(16)17-13(4,5)6/h9-10,15H,7-8H2,1-6H3/t9-,10-/m1/s1. The molecule has 0 bridgehead atoms. The van der Waals surface area contributed by atoms with Crippen LogP contribution in [0.5, 0.6) is 0 Å². The van der Waals surface area contributed by atoms with Crippen molar-refractivity contribution in [3.63, 3.8) is 0 Å². The van der Waals surface area contributed by atoms with E-state index in [-0.39, 0.29) is 16.9 Å². The minimum atomic E-state index is -0.558. The van der Waals surface area contributed by atoms with E-state index < -0.39 is 11.7 Å². The van der Waals surface area contributed by atoms with Crippen molar-refractivity contribution in [1.29, 1.82) is 0 Å². The third-order valence-corrected chi connectivity index (χ3v) is 3.99. The molecule has 1 aliphatic rings. The average Bonchev–Trinajstić information content (AvgIpc) is 2.60. The highest BCUT2D eigenvalue weighted by molar-refractivity contribution is 8.00. The van der Waals surface area contributed by atoms with Crippen molar-refractivity contribution in [2.24, 2.45) is 5.41 Å². The minimum absolute atomic E-state index is 0.208. The van der Waals surface area contributed by atoms with E-state index in [4.69, 9.17) is 4.74 Å². The highest BCUT2D eigenvalue weighted by atomic mass is 32.2. The maximum absolute atomic E-state index is 12.1. The lowest BCUT2D eigenvalue weighted by Gasteiger charge is -2.35. The van der Waals surface area contributed by atoms with Gasteiger partial charge in [-0.25, -0.2) is 4.79 Å². The van der Waals surface area contributed by atoms with Crippen LogP contribution in [0.15, 0.2) is 0 Å². The summed E-state index contributed by atoms with van der Waals surface area (Å²) in [5, 5.41) is 10.1. The van der Waals surface area contributed by atoms with Gasteiger partial charge in [0, 0.05) is 12.3 Å². The molecule has 1 heterocycles. The van der Waals surface area contributed by atoms with Crippen LogP contribution in [0.25, 0.3) is 0 Å². The van der Waals surface area contributed by atoms with Crippen LogP contribution in [0.1, 0.15) is 41.5 Å². The van der Waals surface area contributed by atoms with Crippen molar-refractivity contribution in [3.05, 3.63) is 0 Å². The van der Waals surface area contributed by atoms with E-state index in [1.54, 1.807) is 16.7 Å². The fourth-order valence-corrected chi connectivity index (χ4v) is 3.20. The van der Waals surface area contributed by atoms with Crippen LogP contribution < -0.4 is 0 Å². The molecule has 1 N–H and O–H groups in total. The molecular formula is C13H25NO3S. The van der Waals surface area contributed by atoms with Gasteiger partial charge in [-0.1, -0.05) is 20.8 Å². The molecule has 0 radical (unpaired) electrons. The zero-order valence-electron chi connectivity index (χ0n) is 12.2. The Morgan fingerprint density at radius 1 is 1.33 bits per heavy atom. The molecule has 2 atom stereocenters. The third kappa shape index (κ3) is 4.05. The van der Waals surface area contributed by atoms with Gasteiger partial charge in [0.25, 0.3) is 0 Å². The van der Waals surface area contributed by atoms with E-state index in [0.717, 1.165) is 5.75 Å². The SMILES string of the molecule is CC(C)(C)OC(=O)N1CCS[C@@H]1[C@@H](O)C(C)(C)C. The molecule has 1 saturated heterocycles. The van der Waals surface area contributed by atoms with E-state index in [2.05, 4.69) is 0 Å². The molecule has 1 amide bonds. The van der Waals surface area contributed by atoms with Gasteiger partial charge in [-0.05, 0) is 26.2 Å². The number of hydrogen-bond acceptors (Lipinski definition) is 4. The summed E-state index contributed by atoms with van der Waals surface area (Å²) >= 11 is 1.61. The molecule has 106 valence electrons. The first-order chi connectivity index (χ1) is 8.02. The highest BCUT2D eigenvalue weighted by Gasteiger charge is 2.41. The number of thioether (sulfide) groups is 1. The van der Waals surface area contributed by atoms with Gasteiger partial charge < -0.3 is 9.84 Å². The normalized spacial score (nSPS) is 23.1. The maximum Gasteiger partial charge on any atom is 0.411 e. The summed E-state index contributed by atoms with van der Waals surface area (Å²) in [6, 6.07) is 0. The van der Waals surface area contributed by atoms with E-state index in [1.807, 2.05) is 41.5 Å². The van der Waals surface area contributed by atoms with Crippen molar-refractivity contribution in [3.8, 4) is 0 Å². The Labute approximate surface area is 114 Å². The minimum Gasteiger partial charge on any atom is -0.444 e. The third-order valence-electron chi connectivity index (χ3n) is 2.71. The second kappa shape index (κ2) is 5.29. The summed E-state index contributed by atoms with van der Waals surface area (Å²) in [7, 11) is 0. The fraction of sp³-hybridized carbons (Fsp3) is 0.923.